The number of halogens is 2. The number of rotatable bonds is 2. The third kappa shape index (κ3) is 1.86. The summed E-state index contributed by atoms with van der Waals surface area (Å²) in [6.07, 6.45) is 0.119. The van der Waals surface area contributed by atoms with Gasteiger partial charge in [-0.2, -0.15) is 0 Å². The molecule has 0 unspecified atom stereocenters. The van der Waals surface area contributed by atoms with E-state index in [2.05, 4.69) is 9.68 Å². The predicted octanol–water partition coefficient (Wildman–Crippen LogP) is 1.76. The molecular formula is C10H8ClFN2O2. The van der Waals surface area contributed by atoms with Crippen molar-refractivity contribution in [3.63, 3.8) is 0 Å². The van der Waals surface area contributed by atoms with Crippen molar-refractivity contribution in [1.82, 2.24) is 9.72 Å². The summed E-state index contributed by atoms with van der Waals surface area (Å²) in [5.41, 5.74) is 0.299. The second-order valence-electron chi connectivity index (χ2n) is 3.30. The fourth-order valence-electron chi connectivity index (χ4n) is 1.33. The fraction of sp³-hybridized carbons (Fsp3) is 0.200. The predicted molar refractivity (Wildman–Crippen MR) is 56.0 cm³/mol. The Balaban J connectivity index is 2.41. The summed E-state index contributed by atoms with van der Waals surface area (Å²) in [7, 11) is 1.50. The summed E-state index contributed by atoms with van der Waals surface area (Å²) in [6.45, 7) is 0. The molecule has 0 saturated heterocycles. The molecule has 4 nitrogen and oxygen atoms in total. The van der Waals surface area contributed by atoms with Crippen LogP contribution in [-0.4, -0.2) is 9.72 Å². The fourth-order valence-corrected chi connectivity index (χ4v) is 1.56. The van der Waals surface area contributed by atoms with Gasteiger partial charge in [-0.3, -0.25) is 9.09 Å². The van der Waals surface area contributed by atoms with E-state index in [9.17, 15) is 9.18 Å². The molecule has 84 valence electrons. The lowest BCUT2D eigenvalue weighted by molar-refractivity contribution is 0.376. The molecule has 0 spiro atoms. The molecule has 0 radical (unpaired) electrons. The van der Waals surface area contributed by atoms with Crippen molar-refractivity contribution in [3.8, 4) is 0 Å². The van der Waals surface area contributed by atoms with E-state index in [0.29, 0.717) is 16.4 Å². The van der Waals surface area contributed by atoms with Gasteiger partial charge in [0, 0.05) is 24.1 Å². The largest absolute Gasteiger partial charge is 0.441 e. The van der Waals surface area contributed by atoms with Crippen molar-refractivity contribution in [2.75, 3.05) is 0 Å². The van der Waals surface area contributed by atoms with E-state index in [4.69, 9.17) is 11.6 Å². The molecule has 1 aromatic heterocycles. The molecule has 1 aromatic carbocycles. The van der Waals surface area contributed by atoms with Crippen molar-refractivity contribution in [3.05, 3.63) is 51.0 Å². The van der Waals surface area contributed by atoms with E-state index >= 15 is 0 Å². The Hall–Kier alpha value is -1.62. The van der Waals surface area contributed by atoms with Crippen LogP contribution < -0.4 is 5.76 Å². The van der Waals surface area contributed by atoms with Crippen LogP contribution in [-0.2, 0) is 13.5 Å². The summed E-state index contributed by atoms with van der Waals surface area (Å²) < 4.78 is 19.1. The summed E-state index contributed by atoms with van der Waals surface area (Å²) in [4.78, 5) is 11.0. The van der Waals surface area contributed by atoms with Gasteiger partial charge in [-0.25, -0.2) is 9.18 Å². The molecule has 0 aliphatic carbocycles. The highest BCUT2D eigenvalue weighted by molar-refractivity contribution is 6.31. The Labute approximate surface area is 95.2 Å². The van der Waals surface area contributed by atoms with Gasteiger partial charge in [-0.1, -0.05) is 22.8 Å². The Morgan fingerprint density at radius 3 is 2.88 bits per heavy atom. The van der Waals surface area contributed by atoms with Crippen LogP contribution in [0.4, 0.5) is 4.39 Å². The Morgan fingerprint density at radius 1 is 1.56 bits per heavy atom. The van der Waals surface area contributed by atoms with Crippen LogP contribution in [0.2, 0.25) is 5.02 Å². The number of aromatic nitrogens is 2. The van der Waals surface area contributed by atoms with E-state index in [-0.39, 0.29) is 6.42 Å². The average Bonchev–Trinajstić information content (AvgIpc) is 2.55. The zero-order chi connectivity index (χ0) is 11.7. The van der Waals surface area contributed by atoms with Gasteiger partial charge in [-0.15, -0.1) is 0 Å². The first kappa shape index (κ1) is 10.9. The van der Waals surface area contributed by atoms with E-state index in [1.165, 1.54) is 23.7 Å². The third-order valence-corrected chi connectivity index (χ3v) is 2.64. The SMILES string of the molecule is Cn1c(Cc2c(F)cccc2Cl)noc1=O. The van der Waals surface area contributed by atoms with Crippen LogP contribution in [0.15, 0.2) is 27.5 Å². The normalized spacial score (nSPS) is 10.7. The first-order chi connectivity index (χ1) is 7.59. The molecule has 0 bridgehead atoms. The molecule has 0 aliphatic rings. The number of hydrogen-bond acceptors (Lipinski definition) is 3. The first-order valence-electron chi connectivity index (χ1n) is 4.54. The molecule has 0 atom stereocenters. The molecule has 0 N–H and O–H groups in total. The lowest BCUT2D eigenvalue weighted by atomic mass is 10.1. The van der Waals surface area contributed by atoms with E-state index in [0.717, 1.165) is 0 Å². The minimum atomic E-state index is -0.581. The maximum absolute atomic E-state index is 13.4. The Bertz CT molecular complexity index is 556. The maximum atomic E-state index is 13.4. The van der Waals surface area contributed by atoms with Gasteiger partial charge >= 0.3 is 5.76 Å². The van der Waals surface area contributed by atoms with Crippen LogP contribution >= 0.6 is 11.6 Å². The van der Waals surface area contributed by atoms with Gasteiger partial charge in [0.1, 0.15) is 5.82 Å². The lowest BCUT2D eigenvalue weighted by Gasteiger charge is -2.03. The molecule has 1 heterocycles. The van der Waals surface area contributed by atoms with Crippen molar-refractivity contribution in [2.45, 2.75) is 6.42 Å². The average molecular weight is 243 g/mol. The molecule has 2 rings (SSSR count). The molecule has 0 saturated carbocycles. The topological polar surface area (TPSA) is 48.0 Å². The highest BCUT2D eigenvalue weighted by atomic mass is 35.5. The molecule has 6 heteroatoms. The smallest absolute Gasteiger partial charge is 0.296 e. The second-order valence-corrected chi connectivity index (χ2v) is 3.71. The second kappa shape index (κ2) is 4.09. The summed E-state index contributed by atoms with van der Waals surface area (Å²) in [5, 5.41) is 3.84. The van der Waals surface area contributed by atoms with Crippen molar-refractivity contribution >= 4 is 11.6 Å². The van der Waals surface area contributed by atoms with E-state index in [1.807, 2.05) is 0 Å². The molecule has 16 heavy (non-hydrogen) atoms. The van der Waals surface area contributed by atoms with Gasteiger partial charge in [0.15, 0.2) is 5.82 Å². The van der Waals surface area contributed by atoms with Gasteiger partial charge in [0.2, 0.25) is 0 Å². The zero-order valence-corrected chi connectivity index (χ0v) is 9.16. The van der Waals surface area contributed by atoms with E-state index < -0.39 is 11.6 Å². The zero-order valence-electron chi connectivity index (χ0n) is 8.41. The van der Waals surface area contributed by atoms with Gasteiger partial charge in [0.05, 0.1) is 0 Å². The van der Waals surface area contributed by atoms with E-state index in [1.54, 1.807) is 6.07 Å². The molecule has 0 aliphatic heterocycles. The van der Waals surface area contributed by atoms with Gasteiger partial charge in [0.25, 0.3) is 0 Å². The molecule has 0 fully saturated rings. The van der Waals surface area contributed by atoms with Crippen LogP contribution in [0.25, 0.3) is 0 Å². The van der Waals surface area contributed by atoms with Crippen LogP contribution in [0.3, 0.4) is 0 Å². The summed E-state index contributed by atoms with van der Waals surface area (Å²) in [6, 6.07) is 4.40. The molecule has 0 amide bonds. The number of benzene rings is 1. The lowest BCUT2D eigenvalue weighted by Crippen LogP contribution is -2.12. The van der Waals surface area contributed by atoms with Crippen LogP contribution in [0.5, 0.6) is 0 Å². The summed E-state index contributed by atoms with van der Waals surface area (Å²) in [5.74, 6) is -0.678. The Kier molecular flexibility index (Phi) is 2.78. The van der Waals surface area contributed by atoms with Gasteiger partial charge in [-0.05, 0) is 12.1 Å². The van der Waals surface area contributed by atoms with Crippen LogP contribution in [0.1, 0.15) is 11.4 Å². The highest BCUT2D eigenvalue weighted by Crippen LogP contribution is 2.21. The molecular weight excluding hydrogens is 235 g/mol. The highest BCUT2D eigenvalue weighted by Gasteiger charge is 2.13. The third-order valence-electron chi connectivity index (χ3n) is 2.29. The number of nitrogens with zero attached hydrogens (tertiary/aromatic N) is 2. The quantitative estimate of drug-likeness (QED) is 0.806. The monoisotopic (exact) mass is 242 g/mol. The van der Waals surface area contributed by atoms with Gasteiger partial charge < -0.3 is 0 Å². The summed E-state index contributed by atoms with van der Waals surface area (Å²) >= 11 is 5.85. The van der Waals surface area contributed by atoms with Crippen LogP contribution in [0, 0.1) is 5.82 Å². The first-order valence-corrected chi connectivity index (χ1v) is 4.92. The standard InChI is InChI=1S/C10H8ClFN2O2/c1-14-9(13-16-10(14)15)5-6-7(11)3-2-4-8(6)12/h2-4H,5H2,1H3. The minimum Gasteiger partial charge on any atom is -0.296 e. The Morgan fingerprint density at radius 2 is 2.31 bits per heavy atom. The van der Waals surface area contributed by atoms with Crippen molar-refractivity contribution in [2.24, 2.45) is 7.05 Å². The van der Waals surface area contributed by atoms with Crippen molar-refractivity contribution in [1.29, 1.82) is 0 Å². The molecule has 2 aromatic rings. The minimum absolute atomic E-state index is 0.119. The van der Waals surface area contributed by atoms with Crippen molar-refractivity contribution < 1.29 is 8.91 Å². The maximum Gasteiger partial charge on any atom is 0.441 e. The number of hydrogen-bond donors (Lipinski definition) is 0.